The highest BCUT2D eigenvalue weighted by molar-refractivity contribution is 4.81. The Hall–Kier alpha value is -0.260. The van der Waals surface area contributed by atoms with E-state index in [4.69, 9.17) is 0 Å². The van der Waals surface area contributed by atoms with Gasteiger partial charge in [0.1, 0.15) is 0 Å². The van der Waals surface area contributed by atoms with Crippen molar-refractivity contribution in [3.05, 3.63) is 12.2 Å². The Morgan fingerprint density at radius 2 is 0.424 bits per heavy atom. The van der Waals surface area contributed by atoms with Gasteiger partial charge in [-0.25, -0.2) is 0 Å². The van der Waals surface area contributed by atoms with Gasteiger partial charge in [0.15, 0.2) is 0 Å². The molecule has 0 radical (unpaired) electrons. The zero-order chi connectivity index (χ0) is 23.9. The van der Waals surface area contributed by atoms with Crippen LogP contribution in [0.15, 0.2) is 12.2 Å². The summed E-state index contributed by atoms with van der Waals surface area (Å²) in [6.45, 7) is 4.60. The molecule has 0 nitrogen and oxygen atoms in total. The van der Waals surface area contributed by atoms with E-state index in [-0.39, 0.29) is 0 Å². The molecular formula is C33H66. The van der Waals surface area contributed by atoms with Crippen LogP contribution in [0.1, 0.15) is 200 Å². The van der Waals surface area contributed by atoms with Gasteiger partial charge in [-0.3, -0.25) is 0 Å². The summed E-state index contributed by atoms with van der Waals surface area (Å²) in [5.74, 6) is 0. The predicted octanol–water partition coefficient (Wildman–Crippen LogP) is 12.9. The Kier molecular flexibility index (Phi) is 31.5. The molecule has 0 aliphatic carbocycles. The highest BCUT2D eigenvalue weighted by Crippen LogP contribution is 2.15. The SMILES string of the molecule is CCCCCCCC/C=C/CCCCCCCCCCCCCCCCCCCCCCC. The van der Waals surface area contributed by atoms with Gasteiger partial charge in [0, 0.05) is 0 Å². The first kappa shape index (κ1) is 32.7. The summed E-state index contributed by atoms with van der Waals surface area (Å²) in [5, 5.41) is 0. The average molecular weight is 463 g/mol. The maximum absolute atomic E-state index is 2.45. The molecule has 0 aromatic rings. The summed E-state index contributed by atoms with van der Waals surface area (Å²) in [5.41, 5.74) is 0. The van der Waals surface area contributed by atoms with E-state index in [2.05, 4.69) is 26.0 Å². The lowest BCUT2D eigenvalue weighted by atomic mass is 10.0. The molecule has 0 heteroatoms. The van der Waals surface area contributed by atoms with Gasteiger partial charge in [-0.1, -0.05) is 187 Å². The molecule has 0 aliphatic heterocycles. The molecule has 0 aromatic heterocycles. The quantitative estimate of drug-likeness (QED) is 0.0765. The lowest BCUT2D eigenvalue weighted by Gasteiger charge is -2.04. The van der Waals surface area contributed by atoms with Gasteiger partial charge in [-0.05, 0) is 25.7 Å². The first-order valence-corrected chi connectivity index (χ1v) is 16.1. The molecule has 0 saturated heterocycles. The third kappa shape index (κ3) is 31.7. The van der Waals surface area contributed by atoms with Gasteiger partial charge in [0.2, 0.25) is 0 Å². The van der Waals surface area contributed by atoms with E-state index in [1.165, 1.54) is 186 Å². The van der Waals surface area contributed by atoms with Crippen molar-refractivity contribution in [1.82, 2.24) is 0 Å². The van der Waals surface area contributed by atoms with Crippen molar-refractivity contribution >= 4 is 0 Å². The number of allylic oxidation sites excluding steroid dienone is 2. The van der Waals surface area contributed by atoms with Gasteiger partial charge < -0.3 is 0 Å². The summed E-state index contributed by atoms with van der Waals surface area (Å²) < 4.78 is 0. The summed E-state index contributed by atoms with van der Waals surface area (Å²) in [4.78, 5) is 0. The van der Waals surface area contributed by atoms with Gasteiger partial charge in [0.25, 0.3) is 0 Å². The number of rotatable bonds is 29. The van der Waals surface area contributed by atoms with Crippen LogP contribution in [-0.4, -0.2) is 0 Å². The van der Waals surface area contributed by atoms with Crippen molar-refractivity contribution < 1.29 is 0 Å². The van der Waals surface area contributed by atoms with Crippen molar-refractivity contribution in [2.24, 2.45) is 0 Å². The van der Waals surface area contributed by atoms with Crippen molar-refractivity contribution in [3.8, 4) is 0 Å². The molecule has 0 bridgehead atoms. The third-order valence-corrected chi connectivity index (χ3v) is 7.37. The van der Waals surface area contributed by atoms with Crippen molar-refractivity contribution in [2.45, 2.75) is 200 Å². The summed E-state index contributed by atoms with van der Waals surface area (Å²) in [6, 6.07) is 0. The second-order valence-corrected chi connectivity index (χ2v) is 10.9. The minimum absolute atomic E-state index is 1.31. The summed E-state index contributed by atoms with van der Waals surface area (Å²) in [7, 11) is 0. The monoisotopic (exact) mass is 463 g/mol. The normalized spacial score (nSPS) is 11.7. The van der Waals surface area contributed by atoms with Crippen molar-refractivity contribution in [3.63, 3.8) is 0 Å². The van der Waals surface area contributed by atoms with E-state index in [9.17, 15) is 0 Å². The molecule has 0 heterocycles. The van der Waals surface area contributed by atoms with Crippen LogP contribution < -0.4 is 0 Å². The Morgan fingerprint density at radius 3 is 0.636 bits per heavy atom. The highest BCUT2D eigenvalue weighted by Gasteiger charge is 1.95. The molecule has 0 amide bonds. The van der Waals surface area contributed by atoms with Crippen LogP contribution in [-0.2, 0) is 0 Å². The average Bonchev–Trinajstić information content (AvgIpc) is 2.83. The standard InChI is InChI=1S/C33H66/c1-3-5-7-9-11-13-15-17-19-21-23-25-27-29-31-33-32-30-28-26-24-22-20-18-16-14-12-10-8-6-4-2/h17,19H,3-16,18,20-33H2,1-2H3/b19-17+. The number of hydrogen-bond acceptors (Lipinski definition) is 0. The van der Waals surface area contributed by atoms with Gasteiger partial charge in [-0.2, -0.15) is 0 Å². The largest absolute Gasteiger partial charge is 0.0885 e. The summed E-state index contributed by atoms with van der Waals surface area (Å²) in [6.07, 6.45) is 46.9. The van der Waals surface area contributed by atoms with E-state index >= 15 is 0 Å². The smallest absolute Gasteiger partial charge is 0.0351 e. The lowest BCUT2D eigenvalue weighted by molar-refractivity contribution is 0.520. The highest BCUT2D eigenvalue weighted by atomic mass is 14.0. The Bertz CT molecular complexity index is 342. The molecular weight excluding hydrogens is 396 g/mol. The molecule has 0 spiro atoms. The Balaban J connectivity index is 3.04. The molecule has 0 saturated carbocycles. The zero-order valence-electron chi connectivity index (χ0n) is 23.7. The van der Waals surface area contributed by atoms with E-state index in [1.807, 2.05) is 0 Å². The molecule has 198 valence electrons. The van der Waals surface area contributed by atoms with Crippen LogP contribution in [0, 0.1) is 0 Å². The molecule has 0 aromatic carbocycles. The van der Waals surface area contributed by atoms with Gasteiger partial charge in [0.05, 0.1) is 0 Å². The molecule has 0 aliphatic rings. The fourth-order valence-electron chi connectivity index (χ4n) is 4.97. The molecule has 0 unspecified atom stereocenters. The zero-order valence-corrected chi connectivity index (χ0v) is 23.7. The van der Waals surface area contributed by atoms with Crippen LogP contribution in [0.25, 0.3) is 0 Å². The van der Waals surface area contributed by atoms with Crippen molar-refractivity contribution in [1.29, 1.82) is 0 Å². The first-order chi connectivity index (χ1) is 16.4. The van der Waals surface area contributed by atoms with Crippen LogP contribution in [0.2, 0.25) is 0 Å². The second-order valence-electron chi connectivity index (χ2n) is 10.9. The molecule has 0 rings (SSSR count). The minimum Gasteiger partial charge on any atom is -0.0885 e. The van der Waals surface area contributed by atoms with Crippen molar-refractivity contribution in [2.75, 3.05) is 0 Å². The molecule has 0 N–H and O–H groups in total. The maximum atomic E-state index is 2.45. The fraction of sp³-hybridized carbons (Fsp3) is 0.939. The van der Waals surface area contributed by atoms with E-state index in [0.717, 1.165) is 0 Å². The van der Waals surface area contributed by atoms with Gasteiger partial charge in [-0.15, -0.1) is 0 Å². The van der Waals surface area contributed by atoms with E-state index in [1.54, 1.807) is 0 Å². The Morgan fingerprint density at radius 1 is 0.242 bits per heavy atom. The van der Waals surface area contributed by atoms with Crippen LogP contribution in [0.5, 0.6) is 0 Å². The Labute approximate surface area is 212 Å². The van der Waals surface area contributed by atoms with Crippen LogP contribution in [0.3, 0.4) is 0 Å². The third-order valence-electron chi connectivity index (χ3n) is 7.37. The molecule has 33 heavy (non-hydrogen) atoms. The maximum Gasteiger partial charge on any atom is -0.0351 e. The number of unbranched alkanes of at least 4 members (excludes halogenated alkanes) is 27. The fourth-order valence-corrected chi connectivity index (χ4v) is 4.97. The van der Waals surface area contributed by atoms with Crippen LogP contribution in [0.4, 0.5) is 0 Å². The van der Waals surface area contributed by atoms with E-state index < -0.39 is 0 Å². The predicted molar refractivity (Wildman–Crippen MR) is 154 cm³/mol. The summed E-state index contributed by atoms with van der Waals surface area (Å²) >= 11 is 0. The van der Waals surface area contributed by atoms with Crippen LogP contribution >= 0.6 is 0 Å². The topological polar surface area (TPSA) is 0 Å². The lowest BCUT2D eigenvalue weighted by Crippen LogP contribution is -1.84. The van der Waals surface area contributed by atoms with Gasteiger partial charge >= 0.3 is 0 Å². The first-order valence-electron chi connectivity index (χ1n) is 16.1. The molecule has 0 fully saturated rings. The van der Waals surface area contributed by atoms with E-state index in [0.29, 0.717) is 0 Å². The second kappa shape index (κ2) is 31.7. The minimum atomic E-state index is 1.31. The number of hydrogen-bond donors (Lipinski definition) is 0. The molecule has 0 atom stereocenters.